The van der Waals surface area contributed by atoms with Gasteiger partial charge >= 0.3 is 50.5 Å². The van der Waals surface area contributed by atoms with E-state index >= 15 is 0 Å². The Morgan fingerprint density at radius 2 is 1.36 bits per heavy atom. The van der Waals surface area contributed by atoms with Crippen LogP contribution in [-0.2, 0) is 20.9 Å². The summed E-state index contributed by atoms with van der Waals surface area (Å²) in [4.78, 5) is 0. The molecule has 0 amide bonds. The summed E-state index contributed by atoms with van der Waals surface area (Å²) >= 11 is 1.52. The summed E-state index contributed by atoms with van der Waals surface area (Å²) in [6, 6.07) is 0. The average molecular weight is 387 g/mol. The molecule has 0 radical (unpaired) electrons. The maximum atomic E-state index is 4.07. The van der Waals surface area contributed by atoms with Crippen LogP contribution in [0, 0.1) is 25.7 Å². The Morgan fingerprint density at radius 3 is 1.55 bits per heavy atom. The SMILES string of the molecule is CC(C)(C)[N]=[Nb].CCC1CC[CH-]CC1.[CH-]1CCCCC1.[CH2-]C. The summed E-state index contributed by atoms with van der Waals surface area (Å²) in [6.07, 6.45) is 19.0. The molecule has 0 aromatic heterocycles. The second-order valence-corrected chi connectivity index (χ2v) is 7.41. The minimum Gasteiger partial charge on any atom is -0.346 e. The zero-order chi connectivity index (χ0) is 17.3. The van der Waals surface area contributed by atoms with Gasteiger partial charge in [-0.25, -0.2) is 0 Å². The van der Waals surface area contributed by atoms with Crippen molar-refractivity contribution in [2.75, 3.05) is 0 Å². The van der Waals surface area contributed by atoms with Crippen molar-refractivity contribution in [3.8, 4) is 0 Å². The van der Waals surface area contributed by atoms with Gasteiger partial charge in [0.25, 0.3) is 0 Å². The van der Waals surface area contributed by atoms with Gasteiger partial charge in [-0.05, 0) is 5.92 Å². The summed E-state index contributed by atoms with van der Waals surface area (Å²) in [5, 5.41) is 0. The first-order chi connectivity index (χ1) is 10.5. The van der Waals surface area contributed by atoms with Crippen molar-refractivity contribution in [3.05, 3.63) is 19.8 Å². The van der Waals surface area contributed by atoms with Crippen molar-refractivity contribution in [2.45, 2.75) is 104 Å². The van der Waals surface area contributed by atoms with Crippen molar-refractivity contribution in [1.29, 1.82) is 0 Å². The Hall–Kier alpha value is 0.540. The van der Waals surface area contributed by atoms with Crippen LogP contribution in [0.2, 0.25) is 0 Å². The molecule has 2 aliphatic rings. The fraction of sp³-hybridized carbons (Fsp3) is 0.850. The third-order valence-corrected chi connectivity index (χ3v) is 5.23. The Labute approximate surface area is 154 Å². The van der Waals surface area contributed by atoms with Crippen LogP contribution in [0.25, 0.3) is 0 Å². The van der Waals surface area contributed by atoms with Gasteiger partial charge in [-0.1, -0.05) is 45.4 Å². The summed E-state index contributed by atoms with van der Waals surface area (Å²) < 4.78 is 4.07. The average Bonchev–Trinajstić information content (AvgIpc) is 2.59. The Balaban J connectivity index is 0. The van der Waals surface area contributed by atoms with E-state index in [1.807, 2.05) is 0 Å². The molecule has 0 aromatic carbocycles. The smallest absolute Gasteiger partial charge is 0.0465 e. The molecule has 0 heterocycles. The summed E-state index contributed by atoms with van der Waals surface area (Å²) in [5.41, 5.74) is 0.189. The molecule has 0 aliphatic heterocycles. The van der Waals surface area contributed by atoms with Gasteiger partial charge in [-0.2, -0.15) is 32.6 Å². The van der Waals surface area contributed by atoms with Crippen LogP contribution in [0.1, 0.15) is 98.8 Å². The van der Waals surface area contributed by atoms with Crippen LogP contribution >= 0.6 is 0 Å². The van der Waals surface area contributed by atoms with Crippen molar-refractivity contribution in [2.24, 2.45) is 9.26 Å². The summed E-state index contributed by atoms with van der Waals surface area (Å²) in [7, 11) is 0. The molecule has 0 unspecified atom stereocenters. The third-order valence-electron chi connectivity index (χ3n) is 3.75. The van der Waals surface area contributed by atoms with E-state index in [-0.39, 0.29) is 5.54 Å². The maximum Gasteiger partial charge on any atom is -0.0465 e. The first kappa shape index (κ1) is 24.8. The predicted octanol–water partition coefficient (Wildman–Crippen LogP) is 7.30. The van der Waals surface area contributed by atoms with E-state index < -0.39 is 0 Å². The molecule has 2 rings (SSSR count). The van der Waals surface area contributed by atoms with Crippen LogP contribution in [0.15, 0.2) is 3.34 Å². The van der Waals surface area contributed by atoms with Crippen LogP contribution in [0.5, 0.6) is 0 Å². The fourth-order valence-electron chi connectivity index (χ4n) is 2.30. The monoisotopic (exact) mass is 387 g/mol. The van der Waals surface area contributed by atoms with Gasteiger partial charge in [0, 0.05) is 0 Å². The minimum atomic E-state index is 0.189. The number of hydrogen-bond acceptors (Lipinski definition) is 1. The topological polar surface area (TPSA) is 12.4 Å². The van der Waals surface area contributed by atoms with Gasteiger partial charge < -0.3 is 19.8 Å². The Bertz CT molecular complexity index is 199. The summed E-state index contributed by atoms with van der Waals surface area (Å²) in [5.74, 6) is 1.06. The molecule has 2 heteroatoms. The van der Waals surface area contributed by atoms with E-state index in [0.29, 0.717) is 0 Å². The van der Waals surface area contributed by atoms with Crippen LogP contribution in [0.4, 0.5) is 0 Å². The molecule has 0 N–H and O–H groups in total. The quantitative estimate of drug-likeness (QED) is 0.331. The molecule has 0 bridgehead atoms. The zero-order valence-corrected chi connectivity index (χ0v) is 18.1. The van der Waals surface area contributed by atoms with Gasteiger partial charge in [-0.15, -0.1) is 0 Å². The molecule has 0 spiro atoms. The largest absolute Gasteiger partial charge is 0.346 e. The van der Waals surface area contributed by atoms with Crippen LogP contribution in [-0.4, -0.2) is 5.54 Å². The third kappa shape index (κ3) is 20.5. The fourth-order valence-corrected chi connectivity index (χ4v) is 2.30. The molecule has 0 aromatic rings. The van der Waals surface area contributed by atoms with Gasteiger partial charge in [0.05, 0.1) is 0 Å². The normalized spacial score (nSPS) is 18.4. The van der Waals surface area contributed by atoms with E-state index in [9.17, 15) is 0 Å². The van der Waals surface area contributed by atoms with Crippen molar-refractivity contribution < 1.29 is 20.9 Å². The molecule has 133 valence electrons. The molecule has 2 aliphatic carbocycles. The standard InChI is InChI=1S/C8H15.C6H11.C4H9N.C2H5.Nb/c1-2-8-6-4-3-5-7-8;1-2-4-6-5-3-1;1-4(2,3)5;1-2;/h3,8H,2,4-7H2,1H3;1H,2-6H2;1-3H3;1H2,2H3;/q2*-1;;-1;. The van der Waals surface area contributed by atoms with Crippen LogP contribution in [0.3, 0.4) is 0 Å². The van der Waals surface area contributed by atoms with E-state index in [1.165, 1.54) is 85.1 Å². The first-order valence-corrected chi connectivity index (χ1v) is 10.2. The molecule has 1 nitrogen and oxygen atoms in total. The van der Waals surface area contributed by atoms with Gasteiger partial charge in [0.15, 0.2) is 0 Å². The van der Waals surface area contributed by atoms with E-state index in [2.05, 4.69) is 50.8 Å². The number of rotatable bonds is 1. The molecular weight excluding hydrogens is 347 g/mol. The molecule has 2 saturated carbocycles. The second kappa shape index (κ2) is 17.9. The van der Waals surface area contributed by atoms with Crippen molar-refractivity contribution in [1.82, 2.24) is 0 Å². The number of hydrogen-bond donors (Lipinski definition) is 0. The van der Waals surface area contributed by atoms with E-state index in [0.717, 1.165) is 5.92 Å². The molecular formula is C20H40NNb-3. The van der Waals surface area contributed by atoms with E-state index in [1.54, 1.807) is 6.92 Å². The van der Waals surface area contributed by atoms with Crippen molar-refractivity contribution in [3.63, 3.8) is 0 Å². The Morgan fingerprint density at radius 1 is 0.955 bits per heavy atom. The Kier molecular flexibility index (Phi) is 20.2. The maximum absolute atomic E-state index is 4.07. The predicted molar refractivity (Wildman–Crippen MR) is 97.1 cm³/mol. The molecule has 2 fully saturated rings. The summed E-state index contributed by atoms with van der Waals surface area (Å²) in [6.45, 7) is 13.6. The molecule has 0 saturated heterocycles. The van der Waals surface area contributed by atoms with E-state index in [4.69, 9.17) is 0 Å². The van der Waals surface area contributed by atoms with Gasteiger partial charge in [0.1, 0.15) is 0 Å². The first-order valence-electron chi connectivity index (χ1n) is 9.20. The van der Waals surface area contributed by atoms with Crippen LogP contribution < -0.4 is 0 Å². The molecule has 0 atom stereocenters. The zero-order valence-electron chi connectivity index (χ0n) is 15.9. The second-order valence-electron chi connectivity index (χ2n) is 6.92. The van der Waals surface area contributed by atoms with Gasteiger partial charge in [-0.3, -0.25) is 0 Å². The minimum absolute atomic E-state index is 0.189. The van der Waals surface area contributed by atoms with Crippen molar-refractivity contribution >= 4 is 0 Å². The van der Waals surface area contributed by atoms with Gasteiger partial charge in [0.2, 0.25) is 0 Å². The molecule has 22 heavy (non-hydrogen) atoms. The number of nitrogens with zero attached hydrogens (tertiary/aromatic N) is 1.